The monoisotopic (exact) mass is 332 g/mol. The standard InChI is InChI=1S/C13H18Br2/c14-10-8-13(9-11-15)7-6-12-4-2-1-3-5-12/h1-5,13H,6-11H2. The zero-order chi connectivity index (χ0) is 10.9. The SMILES string of the molecule is BrCCC(CCBr)CCc1ccccc1. The molecule has 15 heavy (non-hydrogen) atoms. The normalized spacial score (nSPS) is 10.9. The van der Waals surface area contributed by atoms with Crippen LogP contribution in [0.25, 0.3) is 0 Å². The summed E-state index contributed by atoms with van der Waals surface area (Å²) in [5.74, 6) is 0.851. The Hall–Kier alpha value is 0.180. The van der Waals surface area contributed by atoms with E-state index in [9.17, 15) is 0 Å². The van der Waals surface area contributed by atoms with Gasteiger partial charge in [-0.3, -0.25) is 0 Å². The number of alkyl halides is 2. The van der Waals surface area contributed by atoms with Crippen molar-refractivity contribution in [3.63, 3.8) is 0 Å². The van der Waals surface area contributed by atoms with Crippen LogP contribution in [0.4, 0.5) is 0 Å². The largest absolute Gasteiger partial charge is 0.0928 e. The molecule has 0 saturated heterocycles. The highest BCUT2D eigenvalue weighted by Gasteiger charge is 2.07. The third kappa shape index (κ3) is 5.72. The van der Waals surface area contributed by atoms with E-state index >= 15 is 0 Å². The molecule has 0 fully saturated rings. The summed E-state index contributed by atoms with van der Waals surface area (Å²) in [5.41, 5.74) is 1.46. The van der Waals surface area contributed by atoms with Crippen molar-refractivity contribution >= 4 is 31.9 Å². The third-order valence-corrected chi connectivity index (χ3v) is 3.63. The van der Waals surface area contributed by atoms with Gasteiger partial charge in [0.2, 0.25) is 0 Å². The molecular formula is C13H18Br2. The molecule has 0 aliphatic rings. The van der Waals surface area contributed by atoms with E-state index in [0.717, 1.165) is 16.6 Å². The van der Waals surface area contributed by atoms with Crippen LogP contribution in [0.2, 0.25) is 0 Å². The highest BCUT2D eigenvalue weighted by atomic mass is 79.9. The fourth-order valence-corrected chi connectivity index (χ4v) is 3.05. The van der Waals surface area contributed by atoms with Gasteiger partial charge in [0.25, 0.3) is 0 Å². The third-order valence-electron chi connectivity index (χ3n) is 2.72. The van der Waals surface area contributed by atoms with Crippen molar-refractivity contribution in [2.45, 2.75) is 25.7 Å². The van der Waals surface area contributed by atoms with Crippen molar-refractivity contribution in [1.82, 2.24) is 0 Å². The van der Waals surface area contributed by atoms with Gasteiger partial charge in [-0.05, 0) is 37.2 Å². The van der Waals surface area contributed by atoms with E-state index in [1.807, 2.05) is 0 Å². The number of rotatable bonds is 7. The minimum Gasteiger partial charge on any atom is -0.0928 e. The van der Waals surface area contributed by atoms with Gasteiger partial charge in [0.05, 0.1) is 0 Å². The number of aryl methyl sites for hydroxylation is 1. The van der Waals surface area contributed by atoms with Gasteiger partial charge in [0.1, 0.15) is 0 Å². The summed E-state index contributed by atoms with van der Waals surface area (Å²) < 4.78 is 0. The van der Waals surface area contributed by atoms with Crippen LogP contribution in [0.5, 0.6) is 0 Å². The molecule has 0 aliphatic carbocycles. The topological polar surface area (TPSA) is 0 Å². The molecule has 1 aromatic rings. The zero-order valence-electron chi connectivity index (χ0n) is 8.96. The lowest BCUT2D eigenvalue weighted by molar-refractivity contribution is 0.465. The van der Waals surface area contributed by atoms with Crippen molar-refractivity contribution in [2.75, 3.05) is 10.7 Å². The fourth-order valence-electron chi connectivity index (χ4n) is 1.76. The van der Waals surface area contributed by atoms with Gasteiger partial charge in [0, 0.05) is 10.7 Å². The van der Waals surface area contributed by atoms with Crippen LogP contribution in [0.1, 0.15) is 24.8 Å². The molecule has 0 bridgehead atoms. The number of hydrogen-bond donors (Lipinski definition) is 0. The van der Waals surface area contributed by atoms with Crippen LogP contribution in [-0.4, -0.2) is 10.7 Å². The second-order valence-electron chi connectivity index (χ2n) is 3.85. The van der Waals surface area contributed by atoms with E-state index in [1.165, 1.54) is 31.2 Å². The Morgan fingerprint density at radius 3 is 2.00 bits per heavy atom. The summed E-state index contributed by atoms with van der Waals surface area (Å²) >= 11 is 7.06. The van der Waals surface area contributed by atoms with Gasteiger partial charge in [-0.1, -0.05) is 62.2 Å². The summed E-state index contributed by atoms with van der Waals surface area (Å²) in [4.78, 5) is 0. The van der Waals surface area contributed by atoms with Crippen LogP contribution in [0.15, 0.2) is 30.3 Å². The molecule has 0 spiro atoms. The van der Waals surface area contributed by atoms with Crippen LogP contribution in [0.3, 0.4) is 0 Å². The molecule has 0 saturated carbocycles. The summed E-state index contributed by atoms with van der Waals surface area (Å²) in [7, 11) is 0. The average molecular weight is 334 g/mol. The summed E-state index contributed by atoms with van der Waals surface area (Å²) in [6.07, 6.45) is 5.10. The second-order valence-corrected chi connectivity index (χ2v) is 5.43. The van der Waals surface area contributed by atoms with Crippen LogP contribution < -0.4 is 0 Å². The molecule has 2 heteroatoms. The van der Waals surface area contributed by atoms with E-state index in [4.69, 9.17) is 0 Å². The molecule has 0 N–H and O–H groups in total. The predicted octanol–water partition coefficient (Wildman–Crippen LogP) is 4.81. The van der Waals surface area contributed by atoms with E-state index < -0.39 is 0 Å². The number of hydrogen-bond acceptors (Lipinski definition) is 0. The summed E-state index contributed by atoms with van der Waals surface area (Å²) in [6, 6.07) is 10.8. The lowest BCUT2D eigenvalue weighted by Gasteiger charge is -2.13. The first-order valence-electron chi connectivity index (χ1n) is 5.52. The van der Waals surface area contributed by atoms with Crippen LogP contribution in [-0.2, 0) is 6.42 Å². The van der Waals surface area contributed by atoms with Crippen molar-refractivity contribution in [2.24, 2.45) is 5.92 Å². The predicted molar refractivity (Wildman–Crippen MR) is 75.1 cm³/mol. The molecule has 0 amide bonds. The molecule has 1 rings (SSSR count). The Balaban J connectivity index is 2.33. The van der Waals surface area contributed by atoms with Gasteiger partial charge >= 0.3 is 0 Å². The summed E-state index contributed by atoms with van der Waals surface area (Å²) in [6.45, 7) is 0. The van der Waals surface area contributed by atoms with Gasteiger partial charge in [0.15, 0.2) is 0 Å². The van der Waals surface area contributed by atoms with E-state index in [0.29, 0.717) is 0 Å². The van der Waals surface area contributed by atoms with Gasteiger partial charge in [-0.25, -0.2) is 0 Å². The molecule has 0 nitrogen and oxygen atoms in total. The first-order valence-corrected chi connectivity index (χ1v) is 7.77. The minimum atomic E-state index is 0.851. The lowest BCUT2D eigenvalue weighted by atomic mass is 9.95. The van der Waals surface area contributed by atoms with Crippen LogP contribution >= 0.6 is 31.9 Å². The number of benzene rings is 1. The Morgan fingerprint density at radius 1 is 0.867 bits per heavy atom. The maximum atomic E-state index is 3.53. The van der Waals surface area contributed by atoms with Crippen LogP contribution in [0, 0.1) is 5.92 Å². The van der Waals surface area contributed by atoms with Gasteiger partial charge < -0.3 is 0 Å². The Bertz CT molecular complexity index is 240. The van der Waals surface area contributed by atoms with E-state index in [-0.39, 0.29) is 0 Å². The average Bonchev–Trinajstić information content (AvgIpc) is 2.28. The molecule has 0 heterocycles. The van der Waals surface area contributed by atoms with E-state index in [2.05, 4.69) is 62.2 Å². The molecule has 0 radical (unpaired) electrons. The Morgan fingerprint density at radius 2 is 1.47 bits per heavy atom. The molecule has 0 aromatic heterocycles. The molecule has 1 aromatic carbocycles. The molecule has 0 atom stereocenters. The first-order chi connectivity index (χ1) is 7.36. The van der Waals surface area contributed by atoms with Crippen molar-refractivity contribution in [3.8, 4) is 0 Å². The van der Waals surface area contributed by atoms with E-state index in [1.54, 1.807) is 0 Å². The lowest BCUT2D eigenvalue weighted by Crippen LogP contribution is -2.04. The zero-order valence-corrected chi connectivity index (χ0v) is 12.1. The van der Waals surface area contributed by atoms with Crippen molar-refractivity contribution in [3.05, 3.63) is 35.9 Å². The van der Waals surface area contributed by atoms with Crippen molar-refractivity contribution in [1.29, 1.82) is 0 Å². The number of halogens is 2. The maximum Gasteiger partial charge on any atom is 0.00339 e. The Labute approximate surface area is 110 Å². The first kappa shape index (κ1) is 13.2. The highest BCUT2D eigenvalue weighted by molar-refractivity contribution is 9.09. The minimum absolute atomic E-state index is 0.851. The maximum absolute atomic E-state index is 3.53. The molecule has 84 valence electrons. The highest BCUT2D eigenvalue weighted by Crippen LogP contribution is 2.19. The van der Waals surface area contributed by atoms with Crippen molar-refractivity contribution < 1.29 is 0 Å². The molecule has 0 unspecified atom stereocenters. The molecule has 0 aliphatic heterocycles. The summed E-state index contributed by atoms with van der Waals surface area (Å²) in [5, 5.41) is 2.25. The van der Waals surface area contributed by atoms with Gasteiger partial charge in [-0.2, -0.15) is 0 Å². The molecular weight excluding hydrogens is 316 g/mol. The smallest absolute Gasteiger partial charge is 0.00339 e. The fraction of sp³-hybridized carbons (Fsp3) is 0.538. The quantitative estimate of drug-likeness (QED) is 0.628. The Kier molecular flexibility index (Phi) is 7.37. The second kappa shape index (κ2) is 8.35. The van der Waals surface area contributed by atoms with Gasteiger partial charge in [-0.15, -0.1) is 0 Å².